The van der Waals surface area contributed by atoms with Gasteiger partial charge in [-0.05, 0) is 34.9 Å². The molecule has 0 aliphatic heterocycles. The molecule has 1 aromatic rings. The van der Waals surface area contributed by atoms with Gasteiger partial charge in [0.1, 0.15) is 5.41 Å². The Hall–Kier alpha value is -2.06. The van der Waals surface area contributed by atoms with Crippen LogP contribution in [0.3, 0.4) is 0 Å². The molecule has 0 saturated heterocycles. The van der Waals surface area contributed by atoms with Crippen LogP contribution in [0.25, 0.3) is 0 Å². The van der Waals surface area contributed by atoms with E-state index in [4.69, 9.17) is 0 Å². The fourth-order valence-electron chi connectivity index (χ4n) is 3.66. The number of nitrogens with zero attached hydrogens (tertiary/aromatic N) is 2. The molecule has 2 aliphatic rings. The van der Waals surface area contributed by atoms with E-state index < -0.39 is 5.41 Å². The Morgan fingerprint density at radius 1 is 1.17 bits per heavy atom. The van der Waals surface area contributed by atoms with Crippen molar-refractivity contribution < 1.29 is 0 Å². The third kappa shape index (κ3) is 1.02. The maximum atomic E-state index is 9.82. The summed E-state index contributed by atoms with van der Waals surface area (Å²) in [5.41, 5.74) is 3.22. The number of nitriles is 2. The van der Waals surface area contributed by atoms with Crippen molar-refractivity contribution in [3.63, 3.8) is 0 Å². The summed E-state index contributed by atoms with van der Waals surface area (Å²) >= 11 is 0. The summed E-state index contributed by atoms with van der Waals surface area (Å²) in [7, 11) is 0. The fourth-order valence-corrected chi connectivity index (χ4v) is 3.66. The molecule has 2 heteroatoms. The van der Waals surface area contributed by atoms with Crippen molar-refractivity contribution in [3.8, 4) is 12.1 Å². The molecule has 0 bridgehead atoms. The number of rotatable bonds is 0. The molecule has 0 N–H and O–H groups in total. The first-order valence-corrected chi connectivity index (χ1v) is 6.20. The minimum Gasteiger partial charge on any atom is -0.197 e. The first kappa shape index (κ1) is 11.1. The lowest BCUT2D eigenvalue weighted by atomic mass is 9.60. The van der Waals surface area contributed by atoms with E-state index in [0.717, 1.165) is 18.4 Å². The molecule has 0 unspecified atom stereocenters. The van der Waals surface area contributed by atoms with Gasteiger partial charge in [0.25, 0.3) is 0 Å². The molecule has 0 aromatic heterocycles. The molecular formula is C16H14N2. The van der Waals surface area contributed by atoms with Crippen LogP contribution in [0.15, 0.2) is 29.8 Å². The highest BCUT2D eigenvalue weighted by atomic mass is 14.6. The molecule has 0 saturated carbocycles. The van der Waals surface area contributed by atoms with Gasteiger partial charge >= 0.3 is 0 Å². The monoisotopic (exact) mass is 234 g/mol. The highest BCUT2D eigenvalue weighted by Crippen LogP contribution is 2.57. The van der Waals surface area contributed by atoms with Crippen molar-refractivity contribution in [2.45, 2.75) is 32.1 Å². The number of benzene rings is 1. The van der Waals surface area contributed by atoms with E-state index in [1.165, 1.54) is 11.1 Å². The molecule has 0 radical (unpaired) electrons. The predicted octanol–water partition coefficient (Wildman–Crippen LogP) is 3.04. The first-order valence-electron chi connectivity index (χ1n) is 6.20. The van der Waals surface area contributed by atoms with Crippen LogP contribution < -0.4 is 0 Å². The lowest BCUT2D eigenvalue weighted by Gasteiger charge is -2.38. The van der Waals surface area contributed by atoms with Crippen LogP contribution in [-0.4, -0.2) is 0 Å². The number of hydrogen-bond acceptors (Lipinski definition) is 2. The fraction of sp³-hybridized carbons (Fsp3) is 0.375. The molecule has 0 spiro atoms. The standard InChI is InChI=1S/C16H14N2/c1-15(2)8-12-5-3-4-11-6-7-13(9-17)16(15,10-18)14(11)12/h3-5,7H,6,8H2,1-2H3/t16-/m0/s1. The average Bonchev–Trinajstić information content (AvgIpc) is 2.60. The second-order valence-corrected chi connectivity index (χ2v) is 5.81. The van der Waals surface area contributed by atoms with Crippen LogP contribution in [0.5, 0.6) is 0 Å². The molecule has 18 heavy (non-hydrogen) atoms. The summed E-state index contributed by atoms with van der Waals surface area (Å²) in [6.07, 6.45) is 3.57. The smallest absolute Gasteiger partial charge is 0.122 e. The third-order valence-corrected chi connectivity index (χ3v) is 4.48. The summed E-state index contributed by atoms with van der Waals surface area (Å²) in [5, 5.41) is 19.2. The van der Waals surface area contributed by atoms with Crippen molar-refractivity contribution in [1.82, 2.24) is 0 Å². The van der Waals surface area contributed by atoms with Gasteiger partial charge in [-0.15, -0.1) is 0 Å². The van der Waals surface area contributed by atoms with E-state index in [2.05, 4.69) is 44.2 Å². The van der Waals surface area contributed by atoms with Gasteiger partial charge in [-0.3, -0.25) is 0 Å². The van der Waals surface area contributed by atoms with Crippen LogP contribution in [0.2, 0.25) is 0 Å². The second kappa shape index (κ2) is 3.24. The molecule has 0 heterocycles. The maximum Gasteiger partial charge on any atom is 0.122 e. The lowest BCUT2D eigenvalue weighted by molar-refractivity contribution is 0.282. The molecule has 2 nitrogen and oxygen atoms in total. The van der Waals surface area contributed by atoms with Crippen LogP contribution in [0.4, 0.5) is 0 Å². The zero-order chi connectivity index (χ0) is 13.0. The van der Waals surface area contributed by atoms with Gasteiger partial charge in [0.15, 0.2) is 0 Å². The van der Waals surface area contributed by atoms with Gasteiger partial charge in [-0.25, -0.2) is 0 Å². The topological polar surface area (TPSA) is 47.6 Å². The third-order valence-electron chi connectivity index (χ3n) is 4.48. The van der Waals surface area contributed by atoms with Crippen LogP contribution in [0.1, 0.15) is 30.5 Å². The van der Waals surface area contributed by atoms with Crippen LogP contribution >= 0.6 is 0 Å². The molecule has 3 rings (SSSR count). The van der Waals surface area contributed by atoms with Crippen molar-refractivity contribution in [1.29, 1.82) is 10.5 Å². The average molecular weight is 234 g/mol. The van der Waals surface area contributed by atoms with E-state index in [9.17, 15) is 10.5 Å². The normalized spacial score (nSPS) is 26.8. The van der Waals surface area contributed by atoms with Crippen molar-refractivity contribution in [2.75, 3.05) is 0 Å². The second-order valence-electron chi connectivity index (χ2n) is 5.81. The summed E-state index contributed by atoms with van der Waals surface area (Å²) in [4.78, 5) is 0. The van der Waals surface area contributed by atoms with Gasteiger partial charge in [0.2, 0.25) is 0 Å². The Morgan fingerprint density at radius 3 is 2.56 bits per heavy atom. The molecule has 88 valence electrons. The van der Waals surface area contributed by atoms with Gasteiger partial charge in [-0.2, -0.15) is 10.5 Å². The Morgan fingerprint density at radius 2 is 1.89 bits per heavy atom. The number of allylic oxidation sites excluding steroid dienone is 2. The number of hydrogen-bond donors (Lipinski definition) is 0. The largest absolute Gasteiger partial charge is 0.197 e. The van der Waals surface area contributed by atoms with Crippen LogP contribution in [0, 0.1) is 28.1 Å². The molecular weight excluding hydrogens is 220 g/mol. The van der Waals surface area contributed by atoms with E-state index in [1.807, 2.05) is 6.08 Å². The Labute approximate surface area is 107 Å². The maximum absolute atomic E-state index is 9.82. The summed E-state index contributed by atoms with van der Waals surface area (Å²) < 4.78 is 0. The lowest BCUT2D eigenvalue weighted by Crippen LogP contribution is -2.40. The first-order chi connectivity index (χ1) is 8.56. The Kier molecular flexibility index (Phi) is 1.99. The Bertz CT molecular complexity index is 653. The zero-order valence-corrected chi connectivity index (χ0v) is 10.6. The van der Waals surface area contributed by atoms with Crippen LogP contribution in [-0.2, 0) is 18.3 Å². The van der Waals surface area contributed by atoms with Crippen molar-refractivity contribution >= 4 is 0 Å². The van der Waals surface area contributed by atoms with E-state index in [-0.39, 0.29) is 5.41 Å². The van der Waals surface area contributed by atoms with Crippen molar-refractivity contribution in [3.05, 3.63) is 46.5 Å². The predicted molar refractivity (Wildman–Crippen MR) is 68.6 cm³/mol. The highest BCUT2D eigenvalue weighted by Gasteiger charge is 2.57. The molecule has 1 atom stereocenters. The SMILES string of the molecule is CC1(C)Cc2cccc3c2[C@]1(C#N)C(C#N)=CC3. The Balaban J connectivity index is 2.43. The van der Waals surface area contributed by atoms with Gasteiger partial charge in [0, 0.05) is 0 Å². The van der Waals surface area contributed by atoms with Gasteiger partial charge in [0.05, 0.1) is 17.7 Å². The summed E-state index contributed by atoms with van der Waals surface area (Å²) in [6.45, 7) is 4.19. The molecule has 0 amide bonds. The minimum absolute atomic E-state index is 0.220. The summed E-state index contributed by atoms with van der Waals surface area (Å²) in [6, 6.07) is 11.0. The molecule has 2 aliphatic carbocycles. The van der Waals surface area contributed by atoms with Gasteiger partial charge < -0.3 is 0 Å². The molecule has 0 fully saturated rings. The van der Waals surface area contributed by atoms with Crippen molar-refractivity contribution in [2.24, 2.45) is 5.41 Å². The van der Waals surface area contributed by atoms with E-state index in [1.54, 1.807) is 0 Å². The highest BCUT2D eigenvalue weighted by molar-refractivity contribution is 5.64. The molecule has 1 aromatic carbocycles. The van der Waals surface area contributed by atoms with E-state index in [0.29, 0.717) is 5.57 Å². The quantitative estimate of drug-likeness (QED) is 0.692. The van der Waals surface area contributed by atoms with Gasteiger partial charge in [-0.1, -0.05) is 38.1 Å². The van der Waals surface area contributed by atoms with E-state index >= 15 is 0 Å². The minimum atomic E-state index is -0.744. The zero-order valence-electron chi connectivity index (χ0n) is 10.6. The summed E-state index contributed by atoms with van der Waals surface area (Å²) in [5.74, 6) is 0.